The molecule has 0 saturated carbocycles. The second-order valence-corrected chi connectivity index (χ2v) is 4.15. The van der Waals surface area contributed by atoms with Crippen molar-refractivity contribution in [1.29, 1.82) is 0 Å². The fourth-order valence-corrected chi connectivity index (χ4v) is 1.82. The van der Waals surface area contributed by atoms with E-state index in [4.69, 9.17) is 20.3 Å². The average molecular weight is 273 g/mol. The predicted octanol–water partition coefficient (Wildman–Crippen LogP) is 2.70. The highest BCUT2D eigenvalue weighted by molar-refractivity contribution is 5.74. The Bertz CT molecular complexity index is 625. The number of para-hydroxylation sites is 3. The van der Waals surface area contributed by atoms with Crippen LogP contribution in [-0.2, 0) is 11.2 Å². The largest absolute Gasteiger partial charge is 0.493 e. The zero-order chi connectivity index (χ0) is 14.5. The number of methoxy groups -OCH3 is 1. The van der Waals surface area contributed by atoms with Crippen molar-refractivity contribution < 1.29 is 19.4 Å². The van der Waals surface area contributed by atoms with Crippen LogP contribution in [0.25, 0.3) is 0 Å². The van der Waals surface area contributed by atoms with E-state index in [0.717, 1.165) is 0 Å². The summed E-state index contributed by atoms with van der Waals surface area (Å²) >= 11 is 0. The van der Waals surface area contributed by atoms with Crippen LogP contribution in [0, 0.1) is 0 Å². The number of carboxylic acids is 1. The fraction of sp³-hybridized carbons (Fsp3) is 0.133. The molecule has 2 aromatic rings. The van der Waals surface area contributed by atoms with E-state index in [1.54, 1.807) is 37.4 Å². The smallest absolute Gasteiger partial charge is 0.307 e. The lowest BCUT2D eigenvalue weighted by Gasteiger charge is -2.13. The molecule has 104 valence electrons. The lowest BCUT2D eigenvalue weighted by Crippen LogP contribution is -2.04. The van der Waals surface area contributed by atoms with Gasteiger partial charge in [0.05, 0.1) is 19.2 Å². The number of nitrogen functional groups attached to an aromatic ring is 1. The second kappa shape index (κ2) is 5.97. The molecule has 0 spiro atoms. The molecular formula is C15H15NO4. The summed E-state index contributed by atoms with van der Waals surface area (Å²) in [5.41, 5.74) is 6.78. The monoisotopic (exact) mass is 273 g/mol. The third-order valence-corrected chi connectivity index (χ3v) is 2.79. The fourth-order valence-electron chi connectivity index (χ4n) is 1.82. The highest BCUT2D eigenvalue weighted by Crippen LogP contribution is 2.35. The van der Waals surface area contributed by atoms with Crippen molar-refractivity contribution in [2.45, 2.75) is 6.42 Å². The number of ether oxygens (including phenoxy) is 2. The summed E-state index contributed by atoms with van der Waals surface area (Å²) in [6.07, 6.45) is -0.144. The van der Waals surface area contributed by atoms with Crippen molar-refractivity contribution in [2.75, 3.05) is 12.8 Å². The highest BCUT2D eigenvalue weighted by atomic mass is 16.5. The highest BCUT2D eigenvalue weighted by Gasteiger charge is 2.11. The molecule has 0 unspecified atom stereocenters. The van der Waals surface area contributed by atoms with Crippen molar-refractivity contribution in [3.8, 4) is 17.2 Å². The van der Waals surface area contributed by atoms with Gasteiger partial charge in [-0.1, -0.05) is 24.3 Å². The van der Waals surface area contributed by atoms with Crippen LogP contribution in [0.5, 0.6) is 17.2 Å². The van der Waals surface area contributed by atoms with Crippen LogP contribution in [0.3, 0.4) is 0 Å². The number of nitrogens with two attached hydrogens (primary N) is 1. The molecule has 0 fully saturated rings. The molecule has 0 saturated heterocycles. The number of carbonyl (C=O) groups is 1. The van der Waals surface area contributed by atoms with Crippen LogP contribution in [0.2, 0.25) is 0 Å². The predicted molar refractivity (Wildman–Crippen MR) is 75.3 cm³/mol. The van der Waals surface area contributed by atoms with E-state index in [0.29, 0.717) is 28.5 Å². The quantitative estimate of drug-likeness (QED) is 0.818. The van der Waals surface area contributed by atoms with Crippen molar-refractivity contribution in [3.05, 3.63) is 48.0 Å². The Morgan fingerprint density at radius 1 is 1.10 bits per heavy atom. The van der Waals surface area contributed by atoms with E-state index in [1.165, 1.54) is 0 Å². The molecule has 20 heavy (non-hydrogen) atoms. The van der Waals surface area contributed by atoms with Crippen LogP contribution in [0.4, 0.5) is 5.69 Å². The molecule has 2 rings (SSSR count). The molecule has 5 nitrogen and oxygen atoms in total. The molecule has 0 aliphatic heterocycles. The van der Waals surface area contributed by atoms with Gasteiger partial charge in [0.2, 0.25) is 0 Å². The van der Waals surface area contributed by atoms with E-state index in [2.05, 4.69) is 0 Å². The zero-order valence-electron chi connectivity index (χ0n) is 11.0. The third-order valence-electron chi connectivity index (χ3n) is 2.79. The second-order valence-electron chi connectivity index (χ2n) is 4.15. The first-order valence-corrected chi connectivity index (χ1v) is 6.02. The molecular weight excluding hydrogens is 258 g/mol. The molecule has 0 bridgehead atoms. The number of anilines is 1. The normalized spacial score (nSPS) is 10.1. The average Bonchev–Trinajstić information content (AvgIpc) is 2.43. The molecule has 0 aliphatic carbocycles. The van der Waals surface area contributed by atoms with Gasteiger partial charge in [-0.15, -0.1) is 0 Å². The van der Waals surface area contributed by atoms with Gasteiger partial charge < -0.3 is 20.3 Å². The van der Waals surface area contributed by atoms with Crippen LogP contribution in [-0.4, -0.2) is 18.2 Å². The van der Waals surface area contributed by atoms with E-state index >= 15 is 0 Å². The van der Waals surface area contributed by atoms with Crippen molar-refractivity contribution in [1.82, 2.24) is 0 Å². The summed E-state index contributed by atoms with van der Waals surface area (Å²) in [5.74, 6) is 0.573. The molecule has 2 aromatic carbocycles. The Morgan fingerprint density at radius 3 is 2.40 bits per heavy atom. The Hall–Kier alpha value is -2.69. The maximum Gasteiger partial charge on any atom is 0.307 e. The lowest BCUT2D eigenvalue weighted by atomic mass is 10.1. The standard InChI is InChI=1S/C15H15NO4/c1-19-11-6-2-3-7-12(11)20-13-8-4-5-10(15(13)16)9-14(17)18/h2-8H,9,16H2,1H3,(H,17,18). The van der Waals surface area contributed by atoms with E-state index in [1.807, 2.05) is 12.1 Å². The molecule has 0 aromatic heterocycles. The van der Waals surface area contributed by atoms with Crippen molar-refractivity contribution in [3.63, 3.8) is 0 Å². The number of hydrogen-bond acceptors (Lipinski definition) is 4. The first-order valence-electron chi connectivity index (χ1n) is 6.02. The molecule has 0 amide bonds. The number of aliphatic carboxylic acids is 1. The van der Waals surface area contributed by atoms with Gasteiger partial charge in [-0.05, 0) is 23.8 Å². The maximum absolute atomic E-state index is 10.8. The van der Waals surface area contributed by atoms with Crippen LogP contribution >= 0.6 is 0 Å². The summed E-state index contributed by atoms with van der Waals surface area (Å²) in [7, 11) is 1.55. The van der Waals surface area contributed by atoms with Gasteiger partial charge in [-0.3, -0.25) is 4.79 Å². The summed E-state index contributed by atoms with van der Waals surface area (Å²) in [6, 6.07) is 12.2. The van der Waals surface area contributed by atoms with Crippen LogP contribution in [0.1, 0.15) is 5.56 Å². The molecule has 0 aliphatic rings. The Balaban J connectivity index is 2.32. The number of carboxylic acid groups (broad SMARTS) is 1. The Labute approximate surface area is 116 Å². The minimum atomic E-state index is -0.939. The molecule has 5 heteroatoms. The molecule has 0 radical (unpaired) electrons. The Kier molecular flexibility index (Phi) is 4.10. The first-order chi connectivity index (χ1) is 9.61. The van der Waals surface area contributed by atoms with Gasteiger partial charge in [0.15, 0.2) is 17.2 Å². The summed E-state index contributed by atoms with van der Waals surface area (Å²) in [5, 5.41) is 8.84. The summed E-state index contributed by atoms with van der Waals surface area (Å²) in [4.78, 5) is 10.8. The number of benzene rings is 2. The van der Waals surface area contributed by atoms with E-state index in [-0.39, 0.29) is 6.42 Å². The minimum absolute atomic E-state index is 0.144. The number of hydrogen-bond donors (Lipinski definition) is 2. The first kappa shape index (κ1) is 13.7. The van der Waals surface area contributed by atoms with Gasteiger partial charge in [0.25, 0.3) is 0 Å². The van der Waals surface area contributed by atoms with Crippen LogP contribution < -0.4 is 15.2 Å². The molecule has 3 N–H and O–H groups in total. The maximum atomic E-state index is 10.8. The van der Waals surface area contributed by atoms with Gasteiger partial charge in [0, 0.05) is 0 Å². The van der Waals surface area contributed by atoms with Gasteiger partial charge in [-0.2, -0.15) is 0 Å². The van der Waals surface area contributed by atoms with Crippen LogP contribution in [0.15, 0.2) is 42.5 Å². The van der Waals surface area contributed by atoms with E-state index < -0.39 is 5.97 Å². The minimum Gasteiger partial charge on any atom is -0.493 e. The van der Waals surface area contributed by atoms with E-state index in [9.17, 15) is 4.79 Å². The zero-order valence-corrected chi connectivity index (χ0v) is 11.0. The summed E-state index contributed by atoms with van der Waals surface area (Å²) in [6.45, 7) is 0. The van der Waals surface area contributed by atoms with Gasteiger partial charge in [0.1, 0.15) is 0 Å². The topological polar surface area (TPSA) is 81.8 Å². The molecule has 0 heterocycles. The SMILES string of the molecule is COc1ccccc1Oc1cccc(CC(=O)O)c1N. The lowest BCUT2D eigenvalue weighted by molar-refractivity contribution is -0.136. The van der Waals surface area contributed by atoms with Gasteiger partial charge in [-0.25, -0.2) is 0 Å². The number of rotatable bonds is 5. The third kappa shape index (κ3) is 3.00. The van der Waals surface area contributed by atoms with Crippen molar-refractivity contribution >= 4 is 11.7 Å². The Morgan fingerprint density at radius 2 is 1.75 bits per heavy atom. The summed E-state index contributed by atoms with van der Waals surface area (Å²) < 4.78 is 10.9. The van der Waals surface area contributed by atoms with Gasteiger partial charge >= 0.3 is 5.97 Å². The van der Waals surface area contributed by atoms with Crippen molar-refractivity contribution in [2.24, 2.45) is 0 Å². The molecule has 0 atom stereocenters.